The number of anilines is 1. The lowest BCUT2D eigenvalue weighted by atomic mass is 10.1. The molecule has 0 fully saturated rings. The second-order valence-corrected chi connectivity index (χ2v) is 5.44. The zero-order valence-corrected chi connectivity index (χ0v) is 12.5. The summed E-state index contributed by atoms with van der Waals surface area (Å²) in [6.45, 7) is -0.189. The van der Waals surface area contributed by atoms with Gasteiger partial charge in [-0.3, -0.25) is 9.59 Å². The van der Waals surface area contributed by atoms with Crippen LogP contribution in [0.3, 0.4) is 0 Å². The highest BCUT2D eigenvalue weighted by Gasteiger charge is 2.15. The van der Waals surface area contributed by atoms with Crippen LogP contribution in [0.15, 0.2) is 36.5 Å². The minimum Gasteiger partial charge on any atom is -0.504 e. The van der Waals surface area contributed by atoms with E-state index in [0.29, 0.717) is 5.56 Å². The molecule has 1 aliphatic rings. The molecule has 118 valence electrons. The van der Waals surface area contributed by atoms with Crippen LogP contribution in [0, 0.1) is 0 Å². The molecule has 1 heterocycles. The zero-order chi connectivity index (χ0) is 16.2. The first-order chi connectivity index (χ1) is 11.1. The number of nitrogens with one attached hydrogen (secondary N) is 2. The van der Waals surface area contributed by atoms with Crippen LogP contribution in [0.2, 0.25) is 0 Å². The van der Waals surface area contributed by atoms with Crippen molar-refractivity contribution < 1.29 is 14.7 Å². The maximum absolute atomic E-state index is 12.1. The van der Waals surface area contributed by atoms with Gasteiger partial charge in [0.2, 0.25) is 5.91 Å². The Morgan fingerprint density at radius 1 is 1.17 bits per heavy atom. The number of rotatable bonds is 4. The number of hydrogen-bond donors (Lipinski definition) is 3. The fourth-order valence-corrected chi connectivity index (χ4v) is 2.65. The predicted molar refractivity (Wildman–Crippen MR) is 85.3 cm³/mol. The van der Waals surface area contributed by atoms with Crippen molar-refractivity contribution in [1.82, 2.24) is 10.3 Å². The van der Waals surface area contributed by atoms with Crippen molar-refractivity contribution in [2.45, 2.75) is 19.3 Å². The van der Waals surface area contributed by atoms with Crippen molar-refractivity contribution in [2.75, 3.05) is 11.9 Å². The number of amides is 2. The van der Waals surface area contributed by atoms with Gasteiger partial charge in [0.25, 0.3) is 5.91 Å². The van der Waals surface area contributed by atoms with Crippen LogP contribution in [-0.2, 0) is 17.6 Å². The molecule has 0 atom stereocenters. The summed E-state index contributed by atoms with van der Waals surface area (Å²) in [7, 11) is 0. The lowest BCUT2D eigenvalue weighted by molar-refractivity contribution is -0.115. The minimum atomic E-state index is -0.450. The number of nitrogens with zero attached hydrogens (tertiary/aromatic N) is 1. The molecule has 23 heavy (non-hydrogen) atoms. The zero-order valence-electron chi connectivity index (χ0n) is 12.5. The highest BCUT2D eigenvalue weighted by Crippen LogP contribution is 2.22. The van der Waals surface area contributed by atoms with E-state index < -0.39 is 5.91 Å². The molecule has 3 N–H and O–H groups in total. The summed E-state index contributed by atoms with van der Waals surface area (Å²) in [5.41, 5.74) is 3.06. The Morgan fingerprint density at radius 2 is 2.00 bits per heavy atom. The largest absolute Gasteiger partial charge is 0.504 e. The molecule has 0 bridgehead atoms. The van der Waals surface area contributed by atoms with E-state index in [1.54, 1.807) is 12.1 Å². The van der Waals surface area contributed by atoms with Crippen molar-refractivity contribution in [3.8, 4) is 5.75 Å². The monoisotopic (exact) mass is 311 g/mol. The van der Waals surface area contributed by atoms with Gasteiger partial charge in [0, 0.05) is 11.8 Å². The quantitative estimate of drug-likeness (QED) is 0.800. The highest BCUT2D eigenvalue weighted by atomic mass is 16.3. The van der Waals surface area contributed by atoms with E-state index in [9.17, 15) is 14.7 Å². The van der Waals surface area contributed by atoms with Crippen LogP contribution in [0.1, 0.15) is 27.9 Å². The first-order valence-corrected chi connectivity index (χ1v) is 7.47. The van der Waals surface area contributed by atoms with Gasteiger partial charge in [-0.25, -0.2) is 4.98 Å². The molecule has 1 aromatic heterocycles. The van der Waals surface area contributed by atoms with E-state index in [-0.39, 0.29) is 24.0 Å². The summed E-state index contributed by atoms with van der Waals surface area (Å²) >= 11 is 0. The van der Waals surface area contributed by atoms with E-state index >= 15 is 0 Å². The maximum atomic E-state index is 12.1. The van der Waals surface area contributed by atoms with Gasteiger partial charge in [-0.15, -0.1) is 0 Å². The molecule has 3 rings (SSSR count). The van der Waals surface area contributed by atoms with Crippen molar-refractivity contribution >= 4 is 17.6 Å². The second kappa shape index (κ2) is 6.48. The Hall–Kier alpha value is -2.89. The molecule has 0 saturated carbocycles. The average molecular weight is 311 g/mol. The number of hydrogen-bond acceptors (Lipinski definition) is 4. The number of aromatic hydroxyl groups is 1. The molecule has 0 aliphatic heterocycles. The van der Waals surface area contributed by atoms with Crippen molar-refractivity contribution in [1.29, 1.82) is 0 Å². The van der Waals surface area contributed by atoms with Crippen molar-refractivity contribution in [2.24, 2.45) is 0 Å². The summed E-state index contributed by atoms with van der Waals surface area (Å²) in [5, 5.41) is 14.6. The maximum Gasteiger partial charge on any atom is 0.251 e. The molecule has 1 aromatic carbocycles. The third kappa shape index (κ3) is 3.48. The Labute approximate surface area is 133 Å². The molecule has 0 unspecified atom stereocenters. The molecule has 2 amide bonds. The standard InChI is InChI=1S/C17H17N3O3/c21-14-5-2-8-18-16(14)20-15(22)10-19-17(23)13-7-6-11-3-1-4-12(11)9-13/h2,5-9,21H,1,3-4,10H2,(H,19,23)(H,18,20,22). The third-order valence-corrected chi connectivity index (χ3v) is 3.81. The third-order valence-electron chi connectivity index (χ3n) is 3.81. The van der Waals surface area contributed by atoms with Crippen LogP contribution in [0.5, 0.6) is 5.75 Å². The van der Waals surface area contributed by atoms with Crippen LogP contribution >= 0.6 is 0 Å². The number of pyridine rings is 1. The number of carbonyl (C=O) groups is 2. The molecular formula is C17H17N3O3. The van der Waals surface area contributed by atoms with Crippen molar-refractivity contribution in [3.05, 3.63) is 53.2 Å². The number of carbonyl (C=O) groups excluding carboxylic acids is 2. The fraction of sp³-hybridized carbons (Fsp3) is 0.235. The van der Waals surface area contributed by atoms with Crippen LogP contribution in [0.4, 0.5) is 5.82 Å². The lowest BCUT2D eigenvalue weighted by Crippen LogP contribution is -2.33. The lowest BCUT2D eigenvalue weighted by Gasteiger charge is -2.08. The molecule has 0 spiro atoms. The van der Waals surface area contributed by atoms with Crippen molar-refractivity contribution in [3.63, 3.8) is 0 Å². The summed E-state index contributed by atoms with van der Waals surface area (Å²) < 4.78 is 0. The van der Waals surface area contributed by atoms with E-state index in [1.807, 2.05) is 12.1 Å². The van der Waals surface area contributed by atoms with Gasteiger partial charge < -0.3 is 15.7 Å². The van der Waals surface area contributed by atoms with E-state index in [1.165, 1.54) is 23.4 Å². The summed E-state index contributed by atoms with van der Waals surface area (Å²) in [4.78, 5) is 27.8. The Balaban J connectivity index is 1.56. The van der Waals surface area contributed by atoms with E-state index in [4.69, 9.17) is 0 Å². The van der Waals surface area contributed by atoms with Crippen LogP contribution < -0.4 is 10.6 Å². The number of benzene rings is 1. The first kappa shape index (κ1) is 15.0. The Bertz CT molecular complexity index is 758. The molecule has 1 aliphatic carbocycles. The van der Waals surface area contributed by atoms with Gasteiger partial charge in [-0.1, -0.05) is 6.07 Å². The molecule has 2 aromatic rings. The molecule has 0 radical (unpaired) electrons. The summed E-state index contributed by atoms with van der Waals surface area (Å²) in [5.74, 6) is -0.788. The average Bonchev–Trinajstić information content (AvgIpc) is 3.02. The highest BCUT2D eigenvalue weighted by molar-refractivity contribution is 5.99. The van der Waals surface area contributed by atoms with E-state index in [0.717, 1.165) is 19.3 Å². The molecule has 0 saturated heterocycles. The van der Waals surface area contributed by atoms with Gasteiger partial charge in [-0.2, -0.15) is 0 Å². The normalized spacial score (nSPS) is 12.5. The van der Waals surface area contributed by atoms with Gasteiger partial charge in [0.05, 0.1) is 6.54 Å². The van der Waals surface area contributed by atoms with Crippen LogP contribution in [0.25, 0.3) is 0 Å². The molecule has 6 nitrogen and oxygen atoms in total. The van der Waals surface area contributed by atoms with E-state index in [2.05, 4.69) is 15.6 Å². The second-order valence-electron chi connectivity index (χ2n) is 5.44. The SMILES string of the molecule is O=C(CNC(=O)c1ccc2c(c1)CCC2)Nc1ncccc1O. The summed E-state index contributed by atoms with van der Waals surface area (Å²) in [6, 6.07) is 8.62. The van der Waals surface area contributed by atoms with Gasteiger partial charge in [0.1, 0.15) is 0 Å². The van der Waals surface area contributed by atoms with Gasteiger partial charge in [0.15, 0.2) is 11.6 Å². The fourth-order valence-electron chi connectivity index (χ4n) is 2.65. The van der Waals surface area contributed by atoms with Crippen LogP contribution in [-0.4, -0.2) is 28.4 Å². The smallest absolute Gasteiger partial charge is 0.251 e. The number of fused-ring (bicyclic) bond motifs is 1. The minimum absolute atomic E-state index is 0.0734. The Kier molecular flexibility index (Phi) is 4.23. The first-order valence-electron chi connectivity index (χ1n) is 7.47. The predicted octanol–water partition coefficient (Wildman–Crippen LogP) is 1.64. The van der Waals surface area contributed by atoms with Gasteiger partial charge in [-0.05, 0) is 54.7 Å². The topological polar surface area (TPSA) is 91.3 Å². The Morgan fingerprint density at radius 3 is 2.83 bits per heavy atom. The number of aryl methyl sites for hydroxylation is 2. The summed E-state index contributed by atoms with van der Waals surface area (Å²) in [6.07, 6.45) is 4.64. The van der Waals surface area contributed by atoms with Gasteiger partial charge >= 0.3 is 0 Å². The number of aromatic nitrogens is 1. The molecular weight excluding hydrogens is 294 g/mol. The molecule has 6 heteroatoms.